The Morgan fingerprint density at radius 3 is 2.42 bits per heavy atom. The number of nitrogens with zero attached hydrogens (tertiary/aromatic N) is 2. The number of hydrogen-bond acceptors (Lipinski definition) is 5. The second kappa shape index (κ2) is 12.8. The van der Waals surface area contributed by atoms with Gasteiger partial charge in [-0.2, -0.15) is 0 Å². The topological polar surface area (TPSA) is 71.1 Å². The van der Waals surface area contributed by atoms with Crippen molar-refractivity contribution in [3.05, 3.63) is 87.4 Å². The van der Waals surface area contributed by atoms with Crippen LogP contribution in [0.2, 0.25) is 5.02 Å². The number of nitrogens with one attached hydrogen (secondary N) is 1. The van der Waals surface area contributed by atoms with Gasteiger partial charge in [-0.3, -0.25) is 14.5 Å². The van der Waals surface area contributed by atoms with Crippen molar-refractivity contribution < 1.29 is 19.1 Å². The summed E-state index contributed by atoms with van der Waals surface area (Å²) in [4.78, 5) is 29.4. The molecule has 1 N–H and O–H groups in total. The third-order valence-corrected chi connectivity index (χ3v) is 6.83. The lowest BCUT2D eigenvalue weighted by molar-refractivity contribution is -0.142. The van der Waals surface area contributed by atoms with Crippen LogP contribution in [0.25, 0.3) is 0 Å². The zero-order chi connectivity index (χ0) is 27.2. The van der Waals surface area contributed by atoms with Crippen LogP contribution in [0.5, 0.6) is 11.5 Å². The molecule has 0 spiro atoms. The molecule has 2 amide bonds. The smallest absolute Gasteiger partial charge is 0.314 e. The lowest BCUT2D eigenvalue weighted by atomic mass is 10.1. The summed E-state index contributed by atoms with van der Waals surface area (Å²) in [6.07, 6.45) is 0.442. The number of ether oxygens (including phenoxy) is 2. The van der Waals surface area contributed by atoms with Crippen LogP contribution in [-0.4, -0.2) is 54.0 Å². The quantitative estimate of drug-likeness (QED) is 0.332. The van der Waals surface area contributed by atoms with Crippen LogP contribution in [0.15, 0.2) is 71.2 Å². The maximum absolute atomic E-state index is 12.9. The molecule has 3 aromatic rings. The molecule has 0 aromatic heterocycles. The van der Waals surface area contributed by atoms with E-state index in [-0.39, 0.29) is 12.2 Å². The molecule has 0 saturated carbocycles. The maximum Gasteiger partial charge on any atom is 0.314 e. The Hall–Kier alpha value is -2.91. The Morgan fingerprint density at radius 2 is 1.74 bits per heavy atom. The standard InChI is InChI=1S/C29H31BrClN3O4/c1-19-15-34(16-20(2)37-19)18-22-9-7-21(8-10-22)17-33(3)29(36)28(35)32-26-14-24(31)11-12-27(26)38-25-6-4-5-23(30)13-25/h4-14,19-20H,15-18H2,1-3H3,(H,32,35)/t19-,20+. The maximum atomic E-state index is 12.9. The lowest BCUT2D eigenvalue weighted by Gasteiger charge is -2.35. The summed E-state index contributed by atoms with van der Waals surface area (Å²) in [6, 6.07) is 20.3. The molecule has 0 aliphatic carbocycles. The SMILES string of the molecule is C[C@@H]1CN(Cc2ccc(CN(C)C(=O)C(=O)Nc3cc(Cl)ccc3Oc3cccc(Br)c3)cc2)C[C@H](C)O1. The van der Waals surface area contributed by atoms with E-state index < -0.39 is 11.8 Å². The zero-order valence-corrected chi connectivity index (χ0v) is 24.0. The van der Waals surface area contributed by atoms with E-state index >= 15 is 0 Å². The summed E-state index contributed by atoms with van der Waals surface area (Å²) < 4.78 is 12.6. The van der Waals surface area contributed by atoms with Crippen molar-refractivity contribution in [2.45, 2.75) is 39.1 Å². The van der Waals surface area contributed by atoms with Crippen LogP contribution in [0.4, 0.5) is 5.69 Å². The van der Waals surface area contributed by atoms with Gasteiger partial charge in [-0.15, -0.1) is 0 Å². The molecule has 1 aliphatic rings. The van der Waals surface area contributed by atoms with Crippen LogP contribution >= 0.6 is 27.5 Å². The molecule has 7 nitrogen and oxygen atoms in total. The Morgan fingerprint density at radius 1 is 1.05 bits per heavy atom. The zero-order valence-electron chi connectivity index (χ0n) is 21.6. The largest absolute Gasteiger partial charge is 0.455 e. The van der Waals surface area contributed by atoms with Gasteiger partial charge in [0.25, 0.3) is 0 Å². The molecule has 1 fully saturated rings. The highest BCUT2D eigenvalue weighted by Gasteiger charge is 2.23. The fourth-order valence-corrected chi connectivity index (χ4v) is 5.01. The minimum atomic E-state index is -0.777. The normalized spacial score (nSPS) is 17.6. The van der Waals surface area contributed by atoms with E-state index in [2.05, 4.69) is 52.1 Å². The monoisotopic (exact) mass is 599 g/mol. The van der Waals surface area contributed by atoms with E-state index in [1.807, 2.05) is 24.3 Å². The molecule has 1 saturated heterocycles. The first kappa shape index (κ1) is 28.1. The second-order valence-corrected chi connectivity index (χ2v) is 10.9. The van der Waals surface area contributed by atoms with Gasteiger partial charge in [-0.25, -0.2) is 0 Å². The van der Waals surface area contributed by atoms with Crippen molar-refractivity contribution in [1.29, 1.82) is 0 Å². The predicted molar refractivity (Wildman–Crippen MR) is 152 cm³/mol. The van der Waals surface area contributed by atoms with Gasteiger partial charge in [0.1, 0.15) is 5.75 Å². The molecule has 1 aliphatic heterocycles. The highest BCUT2D eigenvalue weighted by molar-refractivity contribution is 9.10. The summed E-state index contributed by atoms with van der Waals surface area (Å²) >= 11 is 9.56. The lowest BCUT2D eigenvalue weighted by Crippen LogP contribution is -2.44. The molecule has 0 unspecified atom stereocenters. The number of hydrogen-bond donors (Lipinski definition) is 1. The van der Waals surface area contributed by atoms with Crippen LogP contribution in [-0.2, 0) is 27.4 Å². The average molecular weight is 601 g/mol. The molecule has 38 heavy (non-hydrogen) atoms. The number of likely N-dealkylation sites (N-methyl/N-ethyl adjacent to an activating group) is 1. The Bertz CT molecular complexity index is 1280. The molecule has 2 atom stereocenters. The van der Waals surface area contributed by atoms with E-state index in [0.29, 0.717) is 28.8 Å². The highest BCUT2D eigenvalue weighted by Crippen LogP contribution is 2.33. The van der Waals surface area contributed by atoms with Gasteiger partial charge < -0.3 is 19.7 Å². The molecule has 200 valence electrons. The summed E-state index contributed by atoms with van der Waals surface area (Å²) in [5.74, 6) is -0.502. The number of carbonyl (C=O) groups is 2. The molecule has 1 heterocycles. The first-order valence-corrected chi connectivity index (χ1v) is 13.6. The van der Waals surface area contributed by atoms with Gasteiger partial charge in [0.2, 0.25) is 0 Å². The Balaban J connectivity index is 1.35. The molecule has 0 bridgehead atoms. The fourth-order valence-electron chi connectivity index (χ4n) is 4.46. The van der Waals surface area contributed by atoms with Crippen LogP contribution in [0.3, 0.4) is 0 Å². The number of benzene rings is 3. The van der Waals surface area contributed by atoms with Gasteiger partial charge in [0.15, 0.2) is 5.75 Å². The van der Waals surface area contributed by atoms with Gasteiger partial charge in [0, 0.05) is 42.7 Å². The highest BCUT2D eigenvalue weighted by atomic mass is 79.9. The molecule has 9 heteroatoms. The van der Waals surface area contributed by atoms with E-state index in [9.17, 15) is 9.59 Å². The van der Waals surface area contributed by atoms with Gasteiger partial charge in [-0.05, 0) is 61.4 Å². The van der Waals surface area contributed by atoms with Crippen molar-refractivity contribution >= 4 is 45.0 Å². The summed E-state index contributed by atoms with van der Waals surface area (Å²) in [5, 5.41) is 3.05. The minimum Gasteiger partial charge on any atom is -0.455 e. The minimum absolute atomic E-state index is 0.221. The number of rotatable bonds is 7. The predicted octanol–water partition coefficient (Wildman–Crippen LogP) is 6.10. The number of carbonyl (C=O) groups excluding carboxylic acids is 2. The molecule has 3 aromatic carbocycles. The molecule has 4 rings (SSSR count). The van der Waals surface area contributed by atoms with E-state index in [1.165, 1.54) is 10.5 Å². The third kappa shape index (κ3) is 7.80. The van der Waals surface area contributed by atoms with E-state index in [0.717, 1.165) is 29.7 Å². The van der Waals surface area contributed by atoms with Crippen LogP contribution in [0.1, 0.15) is 25.0 Å². The van der Waals surface area contributed by atoms with Crippen LogP contribution < -0.4 is 10.1 Å². The second-order valence-electron chi connectivity index (χ2n) is 9.58. The Labute approximate surface area is 236 Å². The van der Waals surface area contributed by atoms with Crippen molar-refractivity contribution in [3.8, 4) is 11.5 Å². The number of amides is 2. The van der Waals surface area contributed by atoms with Gasteiger partial charge in [0.05, 0.1) is 17.9 Å². The van der Waals surface area contributed by atoms with Crippen molar-refractivity contribution in [2.24, 2.45) is 0 Å². The first-order chi connectivity index (χ1) is 18.2. The summed E-state index contributed by atoms with van der Waals surface area (Å²) in [5.41, 5.74) is 2.43. The number of morpholine rings is 1. The summed E-state index contributed by atoms with van der Waals surface area (Å²) in [6.45, 7) is 7.14. The molecule has 0 radical (unpaired) electrons. The van der Waals surface area contributed by atoms with Crippen molar-refractivity contribution in [3.63, 3.8) is 0 Å². The molecular formula is C29H31BrClN3O4. The average Bonchev–Trinajstić information content (AvgIpc) is 2.86. The number of halogens is 2. The first-order valence-electron chi connectivity index (χ1n) is 12.4. The summed E-state index contributed by atoms with van der Waals surface area (Å²) in [7, 11) is 1.60. The van der Waals surface area contributed by atoms with Crippen LogP contribution in [0, 0.1) is 0 Å². The fraction of sp³-hybridized carbons (Fsp3) is 0.310. The third-order valence-electron chi connectivity index (χ3n) is 6.10. The van der Waals surface area contributed by atoms with Gasteiger partial charge >= 0.3 is 11.8 Å². The van der Waals surface area contributed by atoms with Crippen molar-refractivity contribution in [1.82, 2.24) is 9.80 Å². The van der Waals surface area contributed by atoms with E-state index in [4.69, 9.17) is 21.1 Å². The van der Waals surface area contributed by atoms with E-state index in [1.54, 1.807) is 37.4 Å². The van der Waals surface area contributed by atoms with Crippen molar-refractivity contribution in [2.75, 3.05) is 25.5 Å². The Kier molecular flexibility index (Phi) is 9.44. The van der Waals surface area contributed by atoms with Gasteiger partial charge in [-0.1, -0.05) is 57.9 Å². The molecular weight excluding hydrogens is 570 g/mol. The number of anilines is 1.